The van der Waals surface area contributed by atoms with Crippen LogP contribution in [0.5, 0.6) is 0 Å². The van der Waals surface area contributed by atoms with Gasteiger partial charge >= 0.3 is 6.09 Å². The number of ether oxygens (including phenoxy) is 1. The third-order valence-electron chi connectivity index (χ3n) is 3.92. The molecule has 0 radical (unpaired) electrons. The maximum absolute atomic E-state index is 12.1. The maximum Gasteiger partial charge on any atom is 0.410 e. The van der Waals surface area contributed by atoms with Crippen molar-refractivity contribution in [2.75, 3.05) is 6.54 Å². The lowest BCUT2D eigenvalue weighted by Gasteiger charge is -2.35. The summed E-state index contributed by atoms with van der Waals surface area (Å²) in [5, 5.41) is 9.16. The molecule has 2 fully saturated rings. The lowest BCUT2D eigenvalue weighted by molar-refractivity contribution is 0.0168. The number of carbonyl (C=O) groups excluding carboxylic acids is 1. The first-order valence-corrected chi connectivity index (χ1v) is 6.81. The molecule has 2 rings (SSSR count). The molecule has 4 nitrogen and oxygen atoms in total. The van der Waals surface area contributed by atoms with Gasteiger partial charge in [-0.2, -0.15) is 5.26 Å². The summed E-state index contributed by atoms with van der Waals surface area (Å²) in [4.78, 5) is 14.0. The van der Waals surface area contributed by atoms with Crippen LogP contribution in [0.4, 0.5) is 4.79 Å². The number of fused-ring (bicyclic) bond motifs is 1. The Balaban J connectivity index is 2.04. The fourth-order valence-electron chi connectivity index (χ4n) is 3.19. The minimum absolute atomic E-state index is 0.121. The minimum atomic E-state index is -0.446. The Hall–Kier alpha value is -1.24. The van der Waals surface area contributed by atoms with Gasteiger partial charge in [0, 0.05) is 12.6 Å². The number of hydrogen-bond acceptors (Lipinski definition) is 3. The van der Waals surface area contributed by atoms with Gasteiger partial charge in [0.05, 0.1) is 12.0 Å². The minimum Gasteiger partial charge on any atom is -0.444 e. The first kappa shape index (κ1) is 13.2. The van der Waals surface area contributed by atoms with Crippen molar-refractivity contribution in [2.45, 2.75) is 58.1 Å². The van der Waals surface area contributed by atoms with Gasteiger partial charge in [-0.1, -0.05) is 6.42 Å². The molecule has 100 valence electrons. The molecule has 1 amide bonds. The van der Waals surface area contributed by atoms with E-state index in [0.29, 0.717) is 5.92 Å². The molecule has 0 N–H and O–H groups in total. The van der Waals surface area contributed by atoms with Crippen LogP contribution >= 0.6 is 0 Å². The molecule has 0 aromatic heterocycles. The van der Waals surface area contributed by atoms with E-state index in [9.17, 15) is 4.79 Å². The fraction of sp³-hybridized carbons (Fsp3) is 0.857. The number of amides is 1. The van der Waals surface area contributed by atoms with Gasteiger partial charge in [0.15, 0.2) is 0 Å². The van der Waals surface area contributed by atoms with E-state index in [2.05, 4.69) is 6.07 Å². The molecule has 3 atom stereocenters. The smallest absolute Gasteiger partial charge is 0.410 e. The van der Waals surface area contributed by atoms with Crippen molar-refractivity contribution in [1.29, 1.82) is 5.26 Å². The Morgan fingerprint density at radius 1 is 1.33 bits per heavy atom. The van der Waals surface area contributed by atoms with Gasteiger partial charge in [-0.25, -0.2) is 4.79 Å². The highest BCUT2D eigenvalue weighted by Gasteiger charge is 2.44. The van der Waals surface area contributed by atoms with Gasteiger partial charge in [0.1, 0.15) is 5.60 Å². The van der Waals surface area contributed by atoms with E-state index in [1.807, 2.05) is 25.7 Å². The Labute approximate surface area is 109 Å². The van der Waals surface area contributed by atoms with Crippen LogP contribution < -0.4 is 0 Å². The van der Waals surface area contributed by atoms with E-state index in [1.165, 1.54) is 0 Å². The van der Waals surface area contributed by atoms with Crippen LogP contribution in [-0.4, -0.2) is 29.2 Å². The molecular weight excluding hydrogens is 228 g/mol. The highest BCUT2D eigenvalue weighted by Crippen LogP contribution is 2.40. The normalized spacial score (nSPS) is 31.7. The van der Waals surface area contributed by atoms with Crippen LogP contribution in [0.15, 0.2) is 0 Å². The van der Waals surface area contributed by atoms with Gasteiger partial charge in [-0.15, -0.1) is 0 Å². The first-order valence-electron chi connectivity index (χ1n) is 6.81. The average Bonchev–Trinajstić information content (AvgIpc) is 2.69. The summed E-state index contributed by atoms with van der Waals surface area (Å²) in [6.07, 6.45) is 3.77. The van der Waals surface area contributed by atoms with Crippen LogP contribution in [-0.2, 0) is 4.74 Å². The van der Waals surface area contributed by atoms with Crippen molar-refractivity contribution in [3.8, 4) is 6.07 Å². The van der Waals surface area contributed by atoms with Gasteiger partial charge < -0.3 is 9.64 Å². The Bertz CT molecular complexity index is 367. The molecule has 1 heterocycles. The molecule has 1 saturated heterocycles. The molecule has 0 spiro atoms. The summed E-state index contributed by atoms with van der Waals surface area (Å²) in [6, 6.07) is 2.62. The van der Waals surface area contributed by atoms with Gasteiger partial charge in [-0.05, 0) is 46.0 Å². The monoisotopic (exact) mass is 250 g/mol. The van der Waals surface area contributed by atoms with Crippen molar-refractivity contribution >= 4 is 6.09 Å². The van der Waals surface area contributed by atoms with Crippen LogP contribution in [0, 0.1) is 23.2 Å². The van der Waals surface area contributed by atoms with E-state index in [0.717, 1.165) is 32.2 Å². The summed E-state index contributed by atoms with van der Waals surface area (Å²) >= 11 is 0. The first-order chi connectivity index (χ1) is 8.42. The van der Waals surface area contributed by atoms with E-state index in [4.69, 9.17) is 10.00 Å². The zero-order chi connectivity index (χ0) is 13.3. The van der Waals surface area contributed by atoms with Crippen molar-refractivity contribution < 1.29 is 9.53 Å². The summed E-state index contributed by atoms with van der Waals surface area (Å²) < 4.78 is 5.44. The van der Waals surface area contributed by atoms with Crippen molar-refractivity contribution in [2.24, 2.45) is 11.8 Å². The number of rotatable bonds is 0. The fourth-order valence-corrected chi connectivity index (χ4v) is 3.19. The lowest BCUT2D eigenvalue weighted by atomic mass is 9.77. The van der Waals surface area contributed by atoms with Gasteiger partial charge in [-0.3, -0.25) is 0 Å². The molecule has 0 unspecified atom stereocenters. The highest BCUT2D eigenvalue weighted by atomic mass is 16.6. The second-order valence-electron chi connectivity index (χ2n) is 6.36. The zero-order valence-electron chi connectivity index (χ0n) is 11.5. The van der Waals surface area contributed by atoms with E-state index in [1.54, 1.807) is 0 Å². The molecule has 4 heteroatoms. The molecule has 0 aromatic carbocycles. The molecule has 1 saturated carbocycles. The number of hydrogen-bond donors (Lipinski definition) is 0. The van der Waals surface area contributed by atoms with Crippen LogP contribution in [0.25, 0.3) is 0 Å². The third-order valence-corrected chi connectivity index (χ3v) is 3.92. The number of carbonyl (C=O) groups is 1. The lowest BCUT2D eigenvalue weighted by Crippen LogP contribution is -2.43. The van der Waals surface area contributed by atoms with Crippen LogP contribution in [0.2, 0.25) is 0 Å². The number of nitriles is 1. The molecule has 18 heavy (non-hydrogen) atoms. The van der Waals surface area contributed by atoms with Crippen molar-refractivity contribution in [3.05, 3.63) is 0 Å². The number of nitrogens with zero attached hydrogens (tertiary/aromatic N) is 2. The molecule has 0 aromatic rings. The predicted octanol–water partition coefficient (Wildman–Crippen LogP) is 2.94. The van der Waals surface area contributed by atoms with Crippen LogP contribution in [0.3, 0.4) is 0 Å². The third kappa shape index (κ3) is 2.60. The Morgan fingerprint density at radius 3 is 2.67 bits per heavy atom. The molecule has 1 aliphatic heterocycles. The quantitative estimate of drug-likeness (QED) is 0.664. The number of likely N-dealkylation sites (tertiary alicyclic amines) is 1. The average molecular weight is 250 g/mol. The summed E-state index contributed by atoms with van der Waals surface area (Å²) in [6.45, 7) is 6.40. The molecule has 2 aliphatic rings. The zero-order valence-corrected chi connectivity index (χ0v) is 11.5. The van der Waals surface area contributed by atoms with Crippen molar-refractivity contribution in [1.82, 2.24) is 4.90 Å². The van der Waals surface area contributed by atoms with E-state index < -0.39 is 5.60 Å². The molecule has 0 bridgehead atoms. The predicted molar refractivity (Wildman–Crippen MR) is 67.8 cm³/mol. The highest BCUT2D eigenvalue weighted by molar-refractivity contribution is 5.69. The Morgan fingerprint density at radius 2 is 2.06 bits per heavy atom. The second-order valence-corrected chi connectivity index (χ2v) is 6.36. The second kappa shape index (κ2) is 4.79. The van der Waals surface area contributed by atoms with Crippen molar-refractivity contribution in [3.63, 3.8) is 0 Å². The largest absolute Gasteiger partial charge is 0.444 e. The van der Waals surface area contributed by atoms with Crippen LogP contribution in [0.1, 0.15) is 46.5 Å². The Kier molecular flexibility index (Phi) is 3.52. The standard InChI is InChI=1S/C14H22N2O2/c1-14(2,3)18-13(17)16-8-7-11-10(9-15)5-4-6-12(11)16/h10-12H,4-8H2,1-3H3/t10-,11-,12+/m1/s1. The van der Waals surface area contributed by atoms with E-state index >= 15 is 0 Å². The topological polar surface area (TPSA) is 53.3 Å². The SMILES string of the molecule is CC(C)(C)OC(=O)N1CC[C@@H]2[C@@H](C#N)CCC[C@@H]21. The summed E-state index contributed by atoms with van der Waals surface area (Å²) in [7, 11) is 0. The maximum atomic E-state index is 12.1. The van der Waals surface area contributed by atoms with E-state index in [-0.39, 0.29) is 18.1 Å². The van der Waals surface area contributed by atoms with Gasteiger partial charge in [0.25, 0.3) is 0 Å². The van der Waals surface area contributed by atoms with Gasteiger partial charge in [0.2, 0.25) is 0 Å². The summed E-state index contributed by atoms with van der Waals surface area (Å²) in [5.74, 6) is 0.479. The summed E-state index contributed by atoms with van der Waals surface area (Å²) in [5.41, 5.74) is -0.446. The molecule has 1 aliphatic carbocycles. The molecular formula is C14H22N2O2.